The lowest BCUT2D eigenvalue weighted by molar-refractivity contribution is 0.587. The fourth-order valence-electron chi connectivity index (χ4n) is 1.44. The molecule has 0 saturated carbocycles. The van der Waals surface area contributed by atoms with E-state index in [1.807, 2.05) is 6.07 Å². The van der Waals surface area contributed by atoms with Crippen molar-refractivity contribution >= 4 is 48.9 Å². The average molecular weight is 378 g/mol. The largest absolute Gasteiger partial charge is 0.395 e. The van der Waals surface area contributed by atoms with Crippen molar-refractivity contribution < 1.29 is 8.78 Å². The van der Waals surface area contributed by atoms with E-state index in [1.165, 1.54) is 0 Å². The predicted octanol–water partition coefficient (Wildman–Crippen LogP) is 4.82. The van der Waals surface area contributed by atoms with Crippen LogP contribution in [0, 0.1) is 11.6 Å². The summed E-state index contributed by atoms with van der Waals surface area (Å²) in [6.07, 6.45) is 0. The molecule has 2 rings (SSSR count). The van der Waals surface area contributed by atoms with Crippen LogP contribution in [0.4, 0.5) is 25.8 Å². The van der Waals surface area contributed by atoms with E-state index in [4.69, 9.17) is 5.73 Å². The van der Waals surface area contributed by atoms with Crippen LogP contribution in [0.3, 0.4) is 0 Å². The number of nitrogens with two attached hydrogens (primary N) is 1. The summed E-state index contributed by atoms with van der Waals surface area (Å²) in [7, 11) is 0. The monoisotopic (exact) mass is 376 g/mol. The number of para-hydroxylation sites is 1. The molecular formula is C12H8Br2F2N2. The summed E-state index contributed by atoms with van der Waals surface area (Å²) >= 11 is 6.69. The van der Waals surface area contributed by atoms with Gasteiger partial charge in [-0.25, -0.2) is 8.78 Å². The second kappa shape index (κ2) is 5.24. The van der Waals surface area contributed by atoms with Gasteiger partial charge in [0, 0.05) is 15.0 Å². The first-order chi connectivity index (χ1) is 8.49. The molecule has 0 aliphatic carbocycles. The average Bonchev–Trinajstić information content (AvgIpc) is 2.30. The number of nitrogens with one attached hydrogen (secondary N) is 1. The molecule has 18 heavy (non-hydrogen) atoms. The van der Waals surface area contributed by atoms with Crippen molar-refractivity contribution in [3.63, 3.8) is 0 Å². The zero-order chi connectivity index (χ0) is 13.3. The van der Waals surface area contributed by atoms with E-state index >= 15 is 0 Å². The highest BCUT2D eigenvalue weighted by Crippen LogP contribution is 2.35. The number of benzene rings is 2. The van der Waals surface area contributed by atoms with Crippen LogP contribution in [-0.4, -0.2) is 0 Å². The lowest BCUT2D eigenvalue weighted by atomic mass is 10.2. The first-order valence-corrected chi connectivity index (χ1v) is 6.53. The molecule has 0 bridgehead atoms. The molecule has 2 aromatic rings. The van der Waals surface area contributed by atoms with Gasteiger partial charge in [0.2, 0.25) is 0 Å². The summed E-state index contributed by atoms with van der Waals surface area (Å²) in [6, 6.07) is 7.33. The number of hydrogen-bond acceptors (Lipinski definition) is 2. The first-order valence-electron chi connectivity index (χ1n) is 4.94. The Balaban J connectivity index is 2.46. The van der Waals surface area contributed by atoms with Crippen LogP contribution in [0.2, 0.25) is 0 Å². The number of rotatable bonds is 2. The lowest BCUT2D eigenvalue weighted by Crippen LogP contribution is -2.01. The minimum absolute atomic E-state index is 0.126. The van der Waals surface area contributed by atoms with Gasteiger partial charge in [0.1, 0.15) is 5.82 Å². The van der Waals surface area contributed by atoms with Crippen LogP contribution in [0.5, 0.6) is 0 Å². The van der Waals surface area contributed by atoms with Gasteiger partial charge in [-0.2, -0.15) is 0 Å². The Kier molecular flexibility index (Phi) is 3.87. The molecule has 0 radical (unpaired) electrons. The summed E-state index contributed by atoms with van der Waals surface area (Å²) < 4.78 is 28.0. The number of anilines is 3. The Morgan fingerprint density at radius 2 is 1.67 bits per heavy atom. The van der Waals surface area contributed by atoms with Crippen molar-refractivity contribution in [3.8, 4) is 0 Å². The molecule has 0 heterocycles. The molecule has 0 fully saturated rings. The highest BCUT2D eigenvalue weighted by atomic mass is 79.9. The van der Waals surface area contributed by atoms with Crippen LogP contribution >= 0.6 is 31.9 Å². The standard InChI is InChI=1S/C12H8Br2F2N2/c13-7-2-1-3-8(14)12(7)18-10-5-6(15)4-9(16)11(10)17/h1-5,18H,17H2. The van der Waals surface area contributed by atoms with E-state index in [2.05, 4.69) is 37.2 Å². The van der Waals surface area contributed by atoms with Crippen molar-refractivity contribution in [1.82, 2.24) is 0 Å². The SMILES string of the molecule is Nc1c(F)cc(F)cc1Nc1c(Br)cccc1Br. The molecule has 0 aliphatic heterocycles. The van der Waals surface area contributed by atoms with Gasteiger partial charge in [0.15, 0.2) is 5.82 Å². The Morgan fingerprint density at radius 3 is 2.28 bits per heavy atom. The first kappa shape index (κ1) is 13.3. The maximum Gasteiger partial charge on any atom is 0.151 e. The van der Waals surface area contributed by atoms with Crippen LogP contribution < -0.4 is 11.1 Å². The molecule has 0 saturated heterocycles. The number of hydrogen-bond donors (Lipinski definition) is 2. The minimum Gasteiger partial charge on any atom is -0.395 e. The quantitative estimate of drug-likeness (QED) is 0.736. The zero-order valence-electron chi connectivity index (χ0n) is 8.98. The minimum atomic E-state index is -0.791. The van der Waals surface area contributed by atoms with Gasteiger partial charge in [0.25, 0.3) is 0 Å². The summed E-state index contributed by atoms with van der Waals surface area (Å²) in [5.41, 5.74) is 6.27. The molecular weight excluding hydrogens is 370 g/mol. The van der Waals surface area contributed by atoms with Crippen molar-refractivity contribution in [2.75, 3.05) is 11.1 Å². The van der Waals surface area contributed by atoms with Crippen LogP contribution in [-0.2, 0) is 0 Å². The molecule has 0 spiro atoms. The van der Waals surface area contributed by atoms with Crippen LogP contribution in [0.15, 0.2) is 39.3 Å². The van der Waals surface area contributed by atoms with Gasteiger partial charge < -0.3 is 11.1 Å². The van der Waals surface area contributed by atoms with E-state index in [0.29, 0.717) is 5.69 Å². The molecule has 0 aromatic heterocycles. The molecule has 2 aromatic carbocycles. The zero-order valence-corrected chi connectivity index (χ0v) is 12.1. The normalized spacial score (nSPS) is 10.4. The second-order valence-electron chi connectivity index (χ2n) is 3.57. The summed E-state index contributed by atoms with van der Waals surface area (Å²) in [4.78, 5) is 0. The molecule has 94 valence electrons. The molecule has 2 nitrogen and oxygen atoms in total. The molecule has 0 atom stereocenters. The van der Waals surface area contributed by atoms with Crippen LogP contribution in [0.25, 0.3) is 0 Å². The van der Waals surface area contributed by atoms with Crippen molar-refractivity contribution in [2.45, 2.75) is 0 Å². The highest BCUT2D eigenvalue weighted by molar-refractivity contribution is 9.11. The van der Waals surface area contributed by atoms with E-state index < -0.39 is 11.6 Å². The van der Waals surface area contributed by atoms with E-state index in [0.717, 1.165) is 21.1 Å². The molecule has 0 amide bonds. The highest BCUT2D eigenvalue weighted by Gasteiger charge is 2.11. The third kappa shape index (κ3) is 2.64. The Hall–Kier alpha value is -1.14. The van der Waals surface area contributed by atoms with E-state index in [1.54, 1.807) is 12.1 Å². The van der Waals surface area contributed by atoms with Crippen LogP contribution in [0.1, 0.15) is 0 Å². The third-order valence-corrected chi connectivity index (χ3v) is 3.64. The van der Waals surface area contributed by atoms with Gasteiger partial charge >= 0.3 is 0 Å². The number of nitrogen functional groups attached to an aromatic ring is 1. The topological polar surface area (TPSA) is 38.0 Å². The Labute approximate surface area is 119 Å². The van der Waals surface area contributed by atoms with Gasteiger partial charge in [-0.3, -0.25) is 0 Å². The summed E-state index contributed by atoms with van der Waals surface area (Å²) in [5, 5.41) is 2.89. The molecule has 6 heteroatoms. The Bertz CT molecular complexity index is 583. The molecule has 0 aliphatic rings. The summed E-state index contributed by atoms with van der Waals surface area (Å²) in [5.74, 6) is -1.48. The van der Waals surface area contributed by atoms with Gasteiger partial charge in [-0.1, -0.05) is 6.07 Å². The predicted molar refractivity (Wildman–Crippen MR) is 75.9 cm³/mol. The smallest absolute Gasteiger partial charge is 0.151 e. The maximum atomic E-state index is 13.3. The van der Waals surface area contributed by atoms with E-state index in [9.17, 15) is 8.78 Å². The van der Waals surface area contributed by atoms with Gasteiger partial charge in [-0.15, -0.1) is 0 Å². The van der Waals surface area contributed by atoms with Gasteiger partial charge in [0.05, 0.1) is 17.1 Å². The third-order valence-electron chi connectivity index (χ3n) is 2.32. The molecule has 0 unspecified atom stereocenters. The van der Waals surface area contributed by atoms with Crippen molar-refractivity contribution in [3.05, 3.63) is 50.9 Å². The maximum absolute atomic E-state index is 13.3. The fraction of sp³-hybridized carbons (Fsp3) is 0. The lowest BCUT2D eigenvalue weighted by Gasteiger charge is -2.13. The van der Waals surface area contributed by atoms with Crippen molar-refractivity contribution in [2.24, 2.45) is 0 Å². The second-order valence-corrected chi connectivity index (χ2v) is 5.28. The number of halogens is 4. The molecule has 3 N–H and O–H groups in total. The Morgan fingerprint density at radius 1 is 1.06 bits per heavy atom. The van der Waals surface area contributed by atoms with Gasteiger partial charge in [-0.05, 0) is 50.1 Å². The fourth-order valence-corrected chi connectivity index (χ4v) is 2.64. The van der Waals surface area contributed by atoms with E-state index in [-0.39, 0.29) is 11.4 Å². The van der Waals surface area contributed by atoms with Crippen molar-refractivity contribution in [1.29, 1.82) is 0 Å². The summed E-state index contributed by atoms with van der Waals surface area (Å²) in [6.45, 7) is 0.